The average molecular weight is 213 g/mol. The first-order valence-electron chi connectivity index (χ1n) is 6.90. The van der Waals surface area contributed by atoms with Crippen molar-refractivity contribution in [1.29, 1.82) is 0 Å². The second-order valence-electron chi connectivity index (χ2n) is 5.25. The maximum atomic E-state index is 3.60. The van der Waals surface area contributed by atoms with Crippen LogP contribution in [0.2, 0.25) is 0 Å². The highest BCUT2D eigenvalue weighted by atomic mass is 14.9. The molecule has 0 bridgehead atoms. The van der Waals surface area contributed by atoms with E-state index in [0.29, 0.717) is 6.04 Å². The van der Waals surface area contributed by atoms with Gasteiger partial charge in [-0.15, -0.1) is 0 Å². The molecular formula is C14H31N. The van der Waals surface area contributed by atoms with E-state index < -0.39 is 0 Å². The summed E-state index contributed by atoms with van der Waals surface area (Å²) in [6, 6.07) is 0.695. The molecule has 1 nitrogen and oxygen atoms in total. The Morgan fingerprint density at radius 3 is 2.07 bits per heavy atom. The molecule has 0 heterocycles. The first-order valence-corrected chi connectivity index (χ1v) is 6.90. The predicted molar refractivity (Wildman–Crippen MR) is 70.3 cm³/mol. The van der Waals surface area contributed by atoms with E-state index in [2.05, 4.69) is 33.0 Å². The molecule has 0 aliphatic rings. The summed E-state index contributed by atoms with van der Waals surface area (Å²) in [5.74, 6) is 0.817. The second-order valence-corrected chi connectivity index (χ2v) is 5.25. The number of nitrogens with one attached hydrogen (secondary N) is 1. The largest absolute Gasteiger partial charge is 0.314 e. The van der Waals surface area contributed by atoms with Crippen LogP contribution < -0.4 is 5.32 Å². The molecule has 0 amide bonds. The number of unbranched alkanes of at least 4 members (excludes halogenated alkanes) is 5. The third kappa shape index (κ3) is 11.9. The summed E-state index contributed by atoms with van der Waals surface area (Å²) in [6.45, 7) is 10.4. The molecule has 0 rings (SSSR count). The molecule has 92 valence electrons. The van der Waals surface area contributed by atoms with E-state index in [4.69, 9.17) is 0 Å². The molecule has 0 saturated heterocycles. The molecule has 0 aliphatic heterocycles. The fraction of sp³-hybridized carbons (Fsp3) is 1.00. The van der Waals surface area contributed by atoms with E-state index in [0.717, 1.165) is 5.92 Å². The monoisotopic (exact) mass is 213 g/mol. The maximum Gasteiger partial charge on any atom is 0.00411 e. The molecule has 0 saturated carbocycles. The van der Waals surface area contributed by atoms with E-state index >= 15 is 0 Å². The molecule has 15 heavy (non-hydrogen) atoms. The second kappa shape index (κ2) is 10.5. The van der Waals surface area contributed by atoms with Crippen LogP contribution in [0.25, 0.3) is 0 Å². The number of rotatable bonds is 10. The predicted octanol–water partition coefficient (Wildman–Crippen LogP) is 4.37. The Labute approximate surface area is 97.0 Å². The highest BCUT2D eigenvalue weighted by Gasteiger charge is 2.02. The van der Waals surface area contributed by atoms with Gasteiger partial charge in [0.1, 0.15) is 0 Å². The van der Waals surface area contributed by atoms with Gasteiger partial charge in [0.15, 0.2) is 0 Å². The molecule has 0 radical (unpaired) electrons. The third-order valence-electron chi connectivity index (χ3n) is 2.85. The van der Waals surface area contributed by atoms with Crippen LogP contribution >= 0.6 is 0 Å². The Kier molecular flexibility index (Phi) is 10.4. The molecular weight excluding hydrogens is 182 g/mol. The first-order chi connectivity index (χ1) is 7.16. The summed E-state index contributed by atoms with van der Waals surface area (Å²) in [5.41, 5.74) is 0. The van der Waals surface area contributed by atoms with Crippen LogP contribution in [0.3, 0.4) is 0 Å². The zero-order valence-corrected chi connectivity index (χ0v) is 11.3. The zero-order valence-electron chi connectivity index (χ0n) is 11.3. The molecule has 1 heteroatoms. The van der Waals surface area contributed by atoms with Gasteiger partial charge in [0.25, 0.3) is 0 Å². The lowest BCUT2D eigenvalue weighted by Gasteiger charge is -2.15. The van der Waals surface area contributed by atoms with Gasteiger partial charge in [-0.05, 0) is 32.2 Å². The quantitative estimate of drug-likeness (QED) is 0.531. The Bertz CT molecular complexity index is 121. The van der Waals surface area contributed by atoms with Crippen molar-refractivity contribution in [3.63, 3.8) is 0 Å². The third-order valence-corrected chi connectivity index (χ3v) is 2.85. The van der Waals surface area contributed by atoms with Crippen LogP contribution in [0.1, 0.15) is 72.6 Å². The summed E-state index contributed by atoms with van der Waals surface area (Å²) < 4.78 is 0. The summed E-state index contributed by atoms with van der Waals surface area (Å²) >= 11 is 0. The number of hydrogen-bond donors (Lipinski definition) is 1. The van der Waals surface area contributed by atoms with Crippen LogP contribution in [-0.4, -0.2) is 12.6 Å². The SMILES string of the molecule is CCCCCCCCNC(C)CC(C)C. The Morgan fingerprint density at radius 2 is 1.47 bits per heavy atom. The van der Waals surface area contributed by atoms with Crippen LogP contribution in [0.4, 0.5) is 0 Å². The van der Waals surface area contributed by atoms with Crippen LogP contribution in [0.5, 0.6) is 0 Å². The van der Waals surface area contributed by atoms with E-state index in [-0.39, 0.29) is 0 Å². The Morgan fingerprint density at radius 1 is 0.867 bits per heavy atom. The molecule has 0 fully saturated rings. The molecule has 1 atom stereocenters. The molecule has 0 aromatic heterocycles. The fourth-order valence-corrected chi connectivity index (χ4v) is 2.04. The normalized spacial score (nSPS) is 13.4. The van der Waals surface area contributed by atoms with Gasteiger partial charge >= 0.3 is 0 Å². The van der Waals surface area contributed by atoms with Crippen molar-refractivity contribution in [2.24, 2.45) is 5.92 Å². The van der Waals surface area contributed by atoms with Crippen molar-refractivity contribution in [2.45, 2.75) is 78.7 Å². The van der Waals surface area contributed by atoms with Gasteiger partial charge < -0.3 is 5.32 Å². The van der Waals surface area contributed by atoms with Gasteiger partial charge in [-0.3, -0.25) is 0 Å². The molecule has 0 spiro atoms. The topological polar surface area (TPSA) is 12.0 Å². The van der Waals surface area contributed by atoms with Crippen LogP contribution in [-0.2, 0) is 0 Å². The highest BCUT2D eigenvalue weighted by molar-refractivity contribution is 4.62. The Balaban J connectivity index is 3.09. The summed E-state index contributed by atoms with van der Waals surface area (Å²) in [7, 11) is 0. The molecule has 1 N–H and O–H groups in total. The van der Waals surface area contributed by atoms with Crippen molar-refractivity contribution in [3.05, 3.63) is 0 Å². The van der Waals surface area contributed by atoms with E-state index in [9.17, 15) is 0 Å². The minimum Gasteiger partial charge on any atom is -0.314 e. The maximum absolute atomic E-state index is 3.60. The lowest BCUT2D eigenvalue weighted by Crippen LogP contribution is -2.28. The van der Waals surface area contributed by atoms with Gasteiger partial charge in [-0.25, -0.2) is 0 Å². The smallest absolute Gasteiger partial charge is 0.00411 e. The van der Waals surface area contributed by atoms with Crippen molar-refractivity contribution in [2.75, 3.05) is 6.54 Å². The summed E-state index contributed by atoms with van der Waals surface area (Å²) in [4.78, 5) is 0. The van der Waals surface area contributed by atoms with E-state index in [1.54, 1.807) is 0 Å². The van der Waals surface area contributed by atoms with Crippen LogP contribution in [0.15, 0.2) is 0 Å². The minimum atomic E-state index is 0.695. The van der Waals surface area contributed by atoms with Crippen LogP contribution in [0, 0.1) is 5.92 Å². The van der Waals surface area contributed by atoms with E-state index in [1.165, 1.54) is 51.5 Å². The van der Waals surface area contributed by atoms with Crippen molar-refractivity contribution >= 4 is 0 Å². The average Bonchev–Trinajstić information content (AvgIpc) is 2.15. The fourth-order valence-electron chi connectivity index (χ4n) is 2.04. The Hall–Kier alpha value is -0.0400. The summed E-state index contributed by atoms with van der Waals surface area (Å²) in [6.07, 6.45) is 9.68. The highest BCUT2D eigenvalue weighted by Crippen LogP contribution is 2.06. The number of hydrogen-bond acceptors (Lipinski definition) is 1. The van der Waals surface area contributed by atoms with Gasteiger partial charge in [-0.1, -0.05) is 52.9 Å². The lowest BCUT2D eigenvalue weighted by molar-refractivity contribution is 0.434. The zero-order chi connectivity index (χ0) is 11.5. The molecule has 0 aliphatic carbocycles. The lowest BCUT2D eigenvalue weighted by atomic mass is 10.1. The minimum absolute atomic E-state index is 0.695. The molecule has 0 aromatic carbocycles. The van der Waals surface area contributed by atoms with Crippen molar-refractivity contribution in [1.82, 2.24) is 5.32 Å². The van der Waals surface area contributed by atoms with Gasteiger partial charge in [-0.2, -0.15) is 0 Å². The molecule has 0 aromatic rings. The van der Waals surface area contributed by atoms with E-state index in [1.807, 2.05) is 0 Å². The van der Waals surface area contributed by atoms with Crippen molar-refractivity contribution in [3.8, 4) is 0 Å². The van der Waals surface area contributed by atoms with Gasteiger partial charge in [0.05, 0.1) is 0 Å². The van der Waals surface area contributed by atoms with Crippen molar-refractivity contribution < 1.29 is 0 Å². The van der Waals surface area contributed by atoms with Gasteiger partial charge in [0.2, 0.25) is 0 Å². The summed E-state index contributed by atoms with van der Waals surface area (Å²) in [5, 5.41) is 3.60. The molecule has 1 unspecified atom stereocenters. The van der Waals surface area contributed by atoms with Gasteiger partial charge in [0, 0.05) is 6.04 Å². The standard InChI is InChI=1S/C14H31N/c1-5-6-7-8-9-10-11-15-14(4)12-13(2)3/h13-15H,5-12H2,1-4H3. The first kappa shape index (κ1) is 15.0.